The van der Waals surface area contributed by atoms with Gasteiger partial charge in [0.25, 0.3) is 0 Å². The topological polar surface area (TPSA) is 66.5 Å². The summed E-state index contributed by atoms with van der Waals surface area (Å²) >= 11 is 19.8. The molecule has 4 rings (SSSR count). The van der Waals surface area contributed by atoms with Crippen molar-refractivity contribution in [2.24, 2.45) is 0 Å². The summed E-state index contributed by atoms with van der Waals surface area (Å²) in [6.45, 7) is -0.566. The molecule has 0 spiro atoms. The fourth-order valence-corrected chi connectivity index (χ4v) is 6.34. The number of carbonyl (C=O) groups is 1. The van der Waals surface area contributed by atoms with Crippen LogP contribution in [0.4, 0.5) is 5.69 Å². The number of anilines is 1. The van der Waals surface area contributed by atoms with E-state index in [0.717, 1.165) is 14.1 Å². The molecule has 0 aliphatic rings. The highest BCUT2D eigenvalue weighted by Crippen LogP contribution is 2.33. The minimum Gasteiger partial charge on any atom is -0.324 e. The van der Waals surface area contributed by atoms with Gasteiger partial charge in [-0.3, -0.25) is 4.79 Å². The van der Waals surface area contributed by atoms with E-state index in [1.54, 1.807) is 24.3 Å². The molecule has 4 aromatic rings. The lowest BCUT2D eigenvalue weighted by atomic mass is 10.2. The minimum absolute atomic E-state index is 0.00909. The minimum atomic E-state index is -4.07. The largest absolute Gasteiger partial charge is 0.324 e. The Labute approximate surface area is 235 Å². The van der Waals surface area contributed by atoms with Gasteiger partial charge in [-0.25, -0.2) is 8.42 Å². The molecule has 0 aliphatic carbocycles. The molecule has 0 saturated carbocycles. The van der Waals surface area contributed by atoms with E-state index in [9.17, 15) is 13.2 Å². The quantitative estimate of drug-likeness (QED) is 0.217. The number of carbonyl (C=O) groups excluding carboxylic acids is 1. The van der Waals surface area contributed by atoms with Gasteiger partial charge in [0, 0.05) is 31.4 Å². The lowest BCUT2D eigenvalue weighted by molar-refractivity contribution is -0.116. The Morgan fingerprint density at radius 3 is 2.16 bits per heavy atom. The molecular weight excluding hydrogens is 571 g/mol. The van der Waals surface area contributed by atoms with Gasteiger partial charge >= 0.3 is 0 Å². The molecule has 0 bridgehead atoms. The van der Waals surface area contributed by atoms with Gasteiger partial charge in [0.05, 0.1) is 17.1 Å². The van der Waals surface area contributed by atoms with Crippen LogP contribution in [-0.4, -0.2) is 25.2 Å². The van der Waals surface area contributed by atoms with Crippen LogP contribution < -0.4 is 5.32 Å². The second-order valence-electron chi connectivity index (χ2n) is 7.92. The number of hydrogen-bond acceptors (Lipinski definition) is 4. The number of benzene rings is 4. The third-order valence-electron chi connectivity index (χ3n) is 5.27. The summed E-state index contributed by atoms with van der Waals surface area (Å²) in [5, 5.41) is 3.98. The molecule has 37 heavy (non-hydrogen) atoms. The van der Waals surface area contributed by atoms with Crippen molar-refractivity contribution >= 4 is 68.2 Å². The summed E-state index contributed by atoms with van der Waals surface area (Å²) in [5.74, 6) is -0.497. The maximum atomic E-state index is 13.6. The summed E-state index contributed by atoms with van der Waals surface area (Å²) in [6.07, 6.45) is 0. The number of sulfonamides is 1. The zero-order valence-corrected chi connectivity index (χ0v) is 23.2. The van der Waals surface area contributed by atoms with Crippen molar-refractivity contribution in [2.75, 3.05) is 11.9 Å². The molecule has 0 fully saturated rings. The standard InChI is InChI=1S/C27H21Cl3N2O3S2/c28-20-12-14-23(15-13-20)37(34,35)32(17-19-10-11-21(29)16-24(19)30)18-27(33)31-25-8-4-5-9-26(25)36-22-6-2-1-3-7-22/h1-16H,17-18H2,(H,31,33). The highest BCUT2D eigenvalue weighted by atomic mass is 35.5. The Bertz CT molecular complexity index is 1500. The van der Waals surface area contributed by atoms with E-state index in [4.69, 9.17) is 34.8 Å². The van der Waals surface area contributed by atoms with Crippen LogP contribution in [0.15, 0.2) is 112 Å². The van der Waals surface area contributed by atoms with Crippen LogP contribution in [0.3, 0.4) is 0 Å². The van der Waals surface area contributed by atoms with Crippen molar-refractivity contribution in [3.63, 3.8) is 0 Å². The molecule has 5 nitrogen and oxygen atoms in total. The number of nitrogens with zero attached hydrogens (tertiary/aromatic N) is 1. The van der Waals surface area contributed by atoms with E-state index < -0.39 is 22.5 Å². The predicted molar refractivity (Wildman–Crippen MR) is 151 cm³/mol. The molecule has 10 heteroatoms. The fraction of sp³-hybridized carbons (Fsp3) is 0.0741. The van der Waals surface area contributed by atoms with Gasteiger partial charge in [-0.15, -0.1) is 0 Å². The summed E-state index contributed by atoms with van der Waals surface area (Å²) in [4.78, 5) is 15.0. The molecule has 0 radical (unpaired) electrons. The van der Waals surface area contributed by atoms with Crippen LogP contribution in [-0.2, 0) is 21.4 Å². The molecule has 0 aliphatic heterocycles. The molecule has 0 heterocycles. The van der Waals surface area contributed by atoms with Gasteiger partial charge in [0.15, 0.2) is 0 Å². The van der Waals surface area contributed by atoms with Crippen LogP contribution in [0.5, 0.6) is 0 Å². The molecule has 1 N–H and O–H groups in total. The SMILES string of the molecule is O=C(CN(Cc1ccc(Cl)cc1Cl)S(=O)(=O)c1ccc(Cl)cc1)Nc1ccccc1Sc1ccccc1. The summed E-state index contributed by atoms with van der Waals surface area (Å²) in [5.41, 5.74) is 1.09. The zero-order chi connectivity index (χ0) is 26.4. The second-order valence-corrected chi connectivity index (χ2v) is 12.3. The van der Waals surface area contributed by atoms with Crippen molar-refractivity contribution in [3.05, 3.63) is 118 Å². The number of halogens is 3. The highest BCUT2D eigenvalue weighted by Gasteiger charge is 2.28. The number of para-hydroxylation sites is 1. The van der Waals surface area contributed by atoms with Gasteiger partial charge in [0.2, 0.25) is 15.9 Å². The van der Waals surface area contributed by atoms with E-state index in [2.05, 4.69) is 5.32 Å². The monoisotopic (exact) mass is 590 g/mol. The second kappa shape index (κ2) is 12.3. The van der Waals surface area contributed by atoms with Crippen LogP contribution in [0.25, 0.3) is 0 Å². The van der Waals surface area contributed by atoms with E-state index in [-0.39, 0.29) is 11.4 Å². The van der Waals surface area contributed by atoms with E-state index >= 15 is 0 Å². The fourth-order valence-electron chi connectivity index (χ4n) is 3.45. The molecule has 1 amide bonds. The first-order valence-corrected chi connectivity index (χ1v) is 14.4. The first kappa shape index (κ1) is 27.5. The highest BCUT2D eigenvalue weighted by molar-refractivity contribution is 7.99. The maximum Gasteiger partial charge on any atom is 0.243 e. The molecule has 0 atom stereocenters. The number of nitrogens with one attached hydrogen (secondary N) is 1. The first-order chi connectivity index (χ1) is 17.7. The Kier molecular flexibility index (Phi) is 9.18. The molecular formula is C27H21Cl3N2O3S2. The van der Waals surface area contributed by atoms with Gasteiger partial charge < -0.3 is 5.32 Å². The van der Waals surface area contributed by atoms with Crippen LogP contribution >= 0.6 is 46.6 Å². The Morgan fingerprint density at radius 1 is 0.811 bits per heavy atom. The molecule has 0 aromatic heterocycles. The van der Waals surface area contributed by atoms with Crippen molar-refractivity contribution in [1.82, 2.24) is 4.31 Å². The summed E-state index contributed by atoms with van der Waals surface area (Å²) in [7, 11) is -4.07. The predicted octanol–water partition coefficient (Wildman–Crippen LogP) is 7.63. The van der Waals surface area contributed by atoms with Crippen molar-refractivity contribution < 1.29 is 13.2 Å². The van der Waals surface area contributed by atoms with Crippen molar-refractivity contribution in [1.29, 1.82) is 0 Å². The van der Waals surface area contributed by atoms with Crippen molar-refractivity contribution in [2.45, 2.75) is 21.2 Å². The maximum absolute atomic E-state index is 13.6. The van der Waals surface area contributed by atoms with E-state index in [1.807, 2.05) is 42.5 Å². The lowest BCUT2D eigenvalue weighted by Crippen LogP contribution is -2.37. The number of rotatable bonds is 9. The first-order valence-electron chi connectivity index (χ1n) is 11.0. The Balaban J connectivity index is 1.60. The molecule has 0 unspecified atom stereocenters. The van der Waals surface area contributed by atoms with Gasteiger partial charge in [-0.2, -0.15) is 4.31 Å². The van der Waals surface area contributed by atoms with Crippen LogP contribution in [0, 0.1) is 0 Å². The molecule has 190 valence electrons. The van der Waals surface area contributed by atoms with Gasteiger partial charge in [-0.05, 0) is 66.2 Å². The Morgan fingerprint density at radius 2 is 1.46 bits per heavy atom. The van der Waals surface area contributed by atoms with Crippen LogP contribution in [0.1, 0.15) is 5.56 Å². The zero-order valence-electron chi connectivity index (χ0n) is 19.3. The number of hydrogen-bond donors (Lipinski definition) is 1. The lowest BCUT2D eigenvalue weighted by Gasteiger charge is -2.23. The van der Waals surface area contributed by atoms with Gasteiger partial charge in [-0.1, -0.05) is 83.0 Å². The summed E-state index contributed by atoms with van der Waals surface area (Å²) in [6, 6.07) is 27.7. The number of amides is 1. The average molecular weight is 592 g/mol. The smallest absolute Gasteiger partial charge is 0.243 e. The van der Waals surface area contributed by atoms with E-state index in [0.29, 0.717) is 26.3 Å². The summed E-state index contributed by atoms with van der Waals surface area (Å²) < 4.78 is 28.2. The van der Waals surface area contributed by atoms with Crippen molar-refractivity contribution in [3.8, 4) is 0 Å². The average Bonchev–Trinajstić information content (AvgIpc) is 2.87. The normalized spacial score (nSPS) is 11.5. The van der Waals surface area contributed by atoms with E-state index in [1.165, 1.54) is 42.1 Å². The third kappa shape index (κ3) is 7.29. The Hall–Kier alpha value is -2.52. The molecule has 4 aromatic carbocycles. The third-order valence-corrected chi connectivity index (χ3v) is 8.99. The van der Waals surface area contributed by atoms with Gasteiger partial charge in [0.1, 0.15) is 0 Å². The van der Waals surface area contributed by atoms with Crippen LogP contribution in [0.2, 0.25) is 15.1 Å². The molecule has 0 saturated heterocycles.